The molecule has 52 heavy (non-hydrogen) atoms. The van der Waals surface area contributed by atoms with E-state index in [9.17, 15) is 0 Å². The van der Waals surface area contributed by atoms with Crippen LogP contribution in [0.5, 0.6) is 0 Å². The number of aromatic nitrogens is 6. The van der Waals surface area contributed by atoms with Crippen molar-refractivity contribution in [2.45, 2.75) is 0 Å². The summed E-state index contributed by atoms with van der Waals surface area (Å²) in [5, 5.41) is 4.68. The van der Waals surface area contributed by atoms with Gasteiger partial charge >= 0.3 is 0 Å². The smallest absolute Gasteiger partial charge is 0.164 e. The summed E-state index contributed by atoms with van der Waals surface area (Å²) in [5.74, 6) is 1.86. The van der Waals surface area contributed by atoms with Crippen LogP contribution in [0.3, 0.4) is 0 Å². The molecule has 6 nitrogen and oxygen atoms in total. The van der Waals surface area contributed by atoms with Crippen molar-refractivity contribution in [1.29, 1.82) is 0 Å². The number of fused-ring (bicyclic) bond motifs is 7. The lowest BCUT2D eigenvalue weighted by Crippen LogP contribution is -2.00. The molecular weight excluding hydrogens is 637 g/mol. The summed E-state index contributed by atoms with van der Waals surface area (Å²) in [5.41, 5.74) is 11.5. The molecule has 0 atom stereocenters. The molecular formula is C46H32N6. The summed E-state index contributed by atoms with van der Waals surface area (Å²) in [7, 11) is 4.27. The maximum absolute atomic E-state index is 5.47. The fourth-order valence-electron chi connectivity index (χ4n) is 7.64. The van der Waals surface area contributed by atoms with Crippen molar-refractivity contribution < 1.29 is 0 Å². The van der Waals surface area contributed by atoms with E-state index in [1.807, 2.05) is 36.4 Å². The first-order valence-electron chi connectivity index (χ1n) is 17.4. The molecule has 0 bridgehead atoms. The summed E-state index contributed by atoms with van der Waals surface area (Å²) >= 11 is 0. The van der Waals surface area contributed by atoms with Gasteiger partial charge in [0.05, 0.1) is 22.1 Å². The number of nitrogens with zero attached hydrogens (tertiary/aromatic N) is 6. The van der Waals surface area contributed by atoms with Crippen LogP contribution in [0, 0.1) is 0 Å². The summed E-state index contributed by atoms with van der Waals surface area (Å²) in [6, 6.07) is 54.6. The molecule has 6 aromatic carbocycles. The molecule has 6 heteroatoms. The zero-order valence-corrected chi connectivity index (χ0v) is 28.7. The Morgan fingerprint density at radius 1 is 0.365 bits per heavy atom. The average molecular weight is 669 g/mol. The molecule has 0 spiro atoms. The SMILES string of the molecule is Cn1c2ccccc2c2c1nc(-c1cccc(-c3nc(-c4ccccc4)nc(-c4ccc(-c5ccccc5)cc4)n3)c1)c1c3ccccc3n(C)c12. The van der Waals surface area contributed by atoms with Crippen molar-refractivity contribution in [2.75, 3.05) is 0 Å². The van der Waals surface area contributed by atoms with Gasteiger partial charge in [-0.1, -0.05) is 140 Å². The molecule has 0 aliphatic heterocycles. The Morgan fingerprint density at radius 2 is 0.827 bits per heavy atom. The minimum Gasteiger partial charge on any atom is -0.343 e. The van der Waals surface area contributed by atoms with E-state index in [-0.39, 0.29) is 0 Å². The first-order chi connectivity index (χ1) is 25.6. The van der Waals surface area contributed by atoms with E-state index < -0.39 is 0 Å². The lowest BCUT2D eigenvalue weighted by molar-refractivity contribution is 0.988. The van der Waals surface area contributed by atoms with Gasteiger partial charge in [0.25, 0.3) is 0 Å². The van der Waals surface area contributed by atoms with E-state index in [0.717, 1.165) is 50.1 Å². The monoisotopic (exact) mass is 668 g/mol. The van der Waals surface area contributed by atoms with Gasteiger partial charge in [0.15, 0.2) is 17.5 Å². The minimum absolute atomic E-state index is 0.609. The number of para-hydroxylation sites is 2. The highest BCUT2D eigenvalue weighted by molar-refractivity contribution is 6.27. The second-order valence-corrected chi connectivity index (χ2v) is 13.2. The van der Waals surface area contributed by atoms with Gasteiger partial charge in [0, 0.05) is 58.0 Å². The predicted octanol–water partition coefficient (Wildman–Crippen LogP) is 10.9. The van der Waals surface area contributed by atoms with Crippen LogP contribution in [0.1, 0.15) is 0 Å². The van der Waals surface area contributed by atoms with E-state index in [2.05, 4.69) is 145 Å². The minimum atomic E-state index is 0.609. The molecule has 4 heterocycles. The van der Waals surface area contributed by atoms with Crippen molar-refractivity contribution in [3.63, 3.8) is 0 Å². The molecule has 0 radical (unpaired) electrons. The predicted molar refractivity (Wildman–Crippen MR) is 213 cm³/mol. The molecule has 0 aliphatic rings. The van der Waals surface area contributed by atoms with Crippen LogP contribution in [-0.2, 0) is 14.1 Å². The van der Waals surface area contributed by atoms with Crippen LogP contribution < -0.4 is 0 Å². The Morgan fingerprint density at radius 3 is 1.50 bits per heavy atom. The molecule has 10 rings (SSSR count). The largest absolute Gasteiger partial charge is 0.343 e. The quantitative estimate of drug-likeness (QED) is 0.183. The number of rotatable bonds is 5. The maximum Gasteiger partial charge on any atom is 0.164 e. The lowest BCUT2D eigenvalue weighted by Gasteiger charge is -2.11. The Hall–Kier alpha value is -6.92. The topological polar surface area (TPSA) is 61.4 Å². The van der Waals surface area contributed by atoms with Crippen molar-refractivity contribution in [2.24, 2.45) is 14.1 Å². The second kappa shape index (κ2) is 11.9. The Labute approximate surface area is 300 Å². The third-order valence-corrected chi connectivity index (χ3v) is 10.2. The molecule has 0 saturated carbocycles. The summed E-state index contributed by atoms with van der Waals surface area (Å²) in [4.78, 5) is 20.6. The van der Waals surface area contributed by atoms with E-state index in [1.54, 1.807) is 0 Å². The molecule has 0 unspecified atom stereocenters. The second-order valence-electron chi connectivity index (χ2n) is 13.2. The average Bonchev–Trinajstić information content (AvgIpc) is 3.68. The van der Waals surface area contributed by atoms with Gasteiger partial charge in [0.2, 0.25) is 0 Å². The van der Waals surface area contributed by atoms with Gasteiger partial charge in [-0.3, -0.25) is 0 Å². The van der Waals surface area contributed by atoms with E-state index in [4.69, 9.17) is 19.9 Å². The van der Waals surface area contributed by atoms with Crippen LogP contribution in [0.4, 0.5) is 0 Å². The van der Waals surface area contributed by atoms with Crippen molar-refractivity contribution in [3.8, 4) is 56.5 Å². The van der Waals surface area contributed by atoms with Gasteiger partial charge < -0.3 is 9.13 Å². The van der Waals surface area contributed by atoms with E-state index in [1.165, 1.54) is 32.8 Å². The molecule has 0 aliphatic carbocycles. The first kappa shape index (κ1) is 29.9. The highest BCUT2D eigenvalue weighted by Crippen LogP contribution is 2.42. The summed E-state index contributed by atoms with van der Waals surface area (Å²) in [6.07, 6.45) is 0. The number of hydrogen-bond donors (Lipinski definition) is 0. The first-order valence-corrected chi connectivity index (χ1v) is 17.4. The number of pyridine rings is 1. The lowest BCUT2D eigenvalue weighted by atomic mass is 10.0. The number of aryl methyl sites for hydroxylation is 2. The molecule has 0 saturated heterocycles. The van der Waals surface area contributed by atoms with Crippen molar-refractivity contribution in [3.05, 3.63) is 158 Å². The third-order valence-electron chi connectivity index (χ3n) is 10.2. The molecule has 0 amide bonds. The summed E-state index contributed by atoms with van der Waals surface area (Å²) < 4.78 is 4.53. The fraction of sp³-hybridized carbons (Fsp3) is 0.0435. The van der Waals surface area contributed by atoms with Gasteiger partial charge in [-0.05, 0) is 29.3 Å². The zero-order valence-electron chi connectivity index (χ0n) is 28.7. The maximum atomic E-state index is 5.47. The number of benzene rings is 6. The highest BCUT2D eigenvalue weighted by Gasteiger charge is 2.23. The molecule has 10 aromatic rings. The van der Waals surface area contributed by atoms with Crippen LogP contribution in [-0.4, -0.2) is 29.1 Å². The Bertz CT molecular complexity index is 2960. The third kappa shape index (κ3) is 4.72. The number of hydrogen-bond acceptors (Lipinski definition) is 4. The Balaban J connectivity index is 1.18. The van der Waals surface area contributed by atoms with Crippen LogP contribution in [0.2, 0.25) is 0 Å². The van der Waals surface area contributed by atoms with E-state index in [0.29, 0.717) is 17.5 Å². The van der Waals surface area contributed by atoms with Gasteiger partial charge in [-0.2, -0.15) is 0 Å². The van der Waals surface area contributed by atoms with Gasteiger partial charge in [-0.25, -0.2) is 19.9 Å². The zero-order chi connectivity index (χ0) is 34.8. The van der Waals surface area contributed by atoms with Crippen molar-refractivity contribution >= 4 is 43.7 Å². The fourth-order valence-corrected chi connectivity index (χ4v) is 7.64. The molecule has 0 fully saturated rings. The summed E-state index contributed by atoms with van der Waals surface area (Å²) in [6.45, 7) is 0. The molecule has 4 aromatic heterocycles. The van der Waals surface area contributed by atoms with Crippen LogP contribution in [0.25, 0.3) is 100 Å². The molecule has 246 valence electrons. The van der Waals surface area contributed by atoms with Crippen LogP contribution >= 0.6 is 0 Å². The van der Waals surface area contributed by atoms with Gasteiger partial charge in [-0.15, -0.1) is 0 Å². The standard InChI is InChI=1S/C46H32N6/c1-51-37-22-11-9-20-35(37)39-41(47-46-40(42(39)51)36-21-10-12-23-38(36)52(46)2)33-18-13-19-34(28-33)45-49-43(31-16-7-4-8-17-31)48-44(50-45)32-26-24-30(25-27-32)29-14-5-3-6-15-29/h3-28H,1-2H3. The normalized spacial score (nSPS) is 11.7. The van der Waals surface area contributed by atoms with E-state index >= 15 is 0 Å². The molecule has 0 N–H and O–H groups in total. The highest BCUT2D eigenvalue weighted by atomic mass is 15.0. The van der Waals surface area contributed by atoms with Crippen LogP contribution in [0.15, 0.2) is 158 Å². The Kier molecular flexibility index (Phi) is 6.83. The van der Waals surface area contributed by atoms with Crippen molar-refractivity contribution in [1.82, 2.24) is 29.1 Å². The van der Waals surface area contributed by atoms with Gasteiger partial charge in [0.1, 0.15) is 5.65 Å².